The van der Waals surface area contributed by atoms with Gasteiger partial charge in [-0.1, -0.05) is 24.3 Å². The summed E-state index contributed by atoms with van der Waals surface area (Å²) in [6.45, 7) is 4.29. The lowest BCUT2D eigenvalue weighted by Crippen LogP contribution is -2.38. The average Bonchev–Trinajstić information content (AvgIpc) is 3.11. The molecule has 2 aromatic rings. The first kappa shape index (κ1) is 19.9. The molecule has 0 bridgehead atoms. The number of fused-ring (bicyclic) bond motifs is 2. The number of aromatic nitrogens is 1. The number of benzene rings is 1. The maximum absolute atomic E-state index is 12.4. The minimum Gasteiger partial charge on any atom is -0.474 e. The summed E-state index contributed by atoms with van der Waals surface area (Å²) in [4.78, 5) is 21.4. The summed E-state index contributed by atoms with van der Waals surface area (Å²) in [5, 5.41) is 2.91. The minimum atomic E-state index is -0.0660. The van der Waals surface area contributed by atoms with Crippen LogP contribution >= 0.6 is 0 Å². The number of ether oxygens (including phenoxy) is 1. The first-order chi connectivity index (χ1) is 15.6. The van der Waals surface area contributed by atoms with Crippen LogP contribution in [-0.4, -0.2) is 41.5 Å². The van der Waals surface area contributed by atoms with E-state index < -0.39 is 0 Å². The smallest absolute Gasteiger partial charge is 0.244 e. The molecule has 168 valence electrons. The molecule has 3 fully saturated rings. The van der Waals surface area contributed by atoms with Crippen LogP contribution in [0.1, 0.15) is 43.2 Å². The number of carbonyl (C=O) groups is 1. The number of nitrogens with two attached hydrogens (primary N) is 1. The lowest BCUT2D eigenvalue weighted by molar-refractivity contribution is -0.115. The summed E-state index contributed by atoms with van der Waals surface area (Å²) in [5.41, 5.74) is 10.2. The fourth-order valence-corrected chi connectivity index (χ4v) is 5.72. The zero-order chi connectivity index (χ0) is 21.7. The van der Waals surface area contributed by atoms with Crippen molar-refractivity contribution in [1.82, 2.24) is 9.88 Å². The van der Waals surface area contributed by atoms with Gasteiger partial charge in [-0.05, 0) is 68.2 Å². The van der Waals surface area contributed by atoms with Crippen LogP contribution < -0.4 is 20.7 Å². The average molecular weight is 434 g/mol. The van der Waals surface area contributed by atoms with Gasteiger partial charge in [0.1, 0.15) is 11.8 Å². The molecular formula is C25H31N5O2. The van der Waals surface area contributed by atoms with Crippen molar-refractivity contribution in [2.75, 3.05) is 35.6 Å². The van der Waals surface area contributed by atoms with Crippen LogP contribution in [0.4, 0.5) is 17.2 Å². The van der Waals surface area contributed by atoms with Gasteiger partial charge in [0.15, 0.2) is 5.82 Å². The second kappa shape index (κ2) is 7.96. The van der Waals surface area contributed by atoms with Crippen molar-refractivity contribution in [2.45, 2.75) is 51.3 Å². The number of rotatable bonds is 6. The van der Waals surface area contributed by atoms with Crippen LogP contribution in [0, 0.1) is 11.8 Å². The van der Waals surface area contributed by atoms with Gasteiger partial charge in [0, 0.05) is 19.2 Å². The molecule has 6 rings (SSSR count). The van der Waals surface area contributed by atoms with E-state index in [1.165, 1.54) is 43.5 Å². The number of anilines is 3. The number of nitrogen functional groups attached to an aromatic ring is 1. The maximum atomic E-state index is 12.4. The standard InChI is InChI=1S/C25H31N5O2/c26-25-24-21(12-23(28-25)32-20-10-18-9-19(18)11-20)30(15-22(31)27-24)14-17-5-3-4-16(8-17)13-29-6-1-2-7-29/h3-5,8,12,18-20H,1-2,6-7,9-11,13-15H2,(H2,26,28)(H,27,31)/t18-,19+,20+. The van der Waals surface area contributed by atoms with Crippen LogP contribution in [-0.2, 0) is 17.9 Å². The SMILES string of the molecule is Nc1nc(O[C@@H]2C[C@@H]3C[C@@H]3C2)cc2c1NC(=O)CN2Cc1cccc(CN2CCCC2)c1. The molecule has 0 spiro atoms. The molecule has 7 heteroatoms. The summed E-state index contributed by atoms with van der Waals surface area (Å²) < 4.78 is 6.21. The molecule has 2 aliphatic heterocycles. The Morgan fingerprint density at radius 1 is 1.06 bits per heavy atom. The molecule has 2 aliphatic carbocycles. The van der Waals surface area contributed by atoms with Crippen molar-refractivity contribution >= 4 is 23.1 Å². The number of nitrogens with zero attached hydrogens (tertiary/aromatic N) is 3. The van der Waals surface area contributed by atoms with E-state index >= 15 is 0 Å². The molecule has 1 saturated heterocycles. The molecule has 0 unspecified atom stereocenters. The molecule has 1 aromatic carbocycles. The third-order valence-electron chi connectivity index (χ3n) is 7.40. The number of hydrogen-bond acceptors (Lipinski definition) is 6. The molecule has 32 heavy (non-hydrogen) atoms. The number of carbonyl (C=O) groups excluding carboxylic acids is 1. The van der Waals surface area contributed by atoms with E-state index in [1.54, 1.807) is 0 Å². The second-order valence-electron chi connectivity index (χ2n) is 9.91. The van der Waals surface area contributed by atoms with Gasteiger partial charge in [0.2, 0.25) is 11.8 Å². The van der Waals surface area contributed by atoms with E-state index in [-0.39, 0.29) is 12.0 Å². The molecule has 3 N–H and O–H groups in total. The van der Waals surface area contributed by atoms with Crippen molar-refractivity contribution in [3.63, 3.8) is 0 Å². The van der Waals surface area contributed by atoms with Crippen LogP contribution in [0.3, 0.4) is 0 Å². The van der Waals surface area contributed by atoms with Crippen molar-refractivity contribution in [3.8, 4) is 5.88 Å². The molecule has 7 nitrogen and oxygen atoms in total. The Morgan fingerprint density at radius 2 is 1.81 bits per heavy atom. The number of amides is 1. The Hall–Kier alpha value is -2.80. The Kier molecular flexibility index (Phi) is 4.94. The van der Waals surface area contributed by atoms with Gasteiger partial charge < -0.3 is 20.7 Å². The van der Waals surface area contributed by atoms with Crippen LogP contribution in [0.15, 0.2) is 30.3 Å². The highest BCUT2D eigenvalue weighted by Gasteiger charge is 2.47. The fourth-order valence-electron chi connectivity index (χ4n) is 5.72. The molecule has 1 amide bonds. The Morgan fingerprint density at radius 3 is 2.59 bits per heavy atom. The van der Waals surface area contributed by atoms with Gasteiger partial charge in [-0.2, -0.15) is 4.98 Å². The molecule has 3 heterocycles. The molecule has 0 radical (unpaired) electrons. The van der Waals surface area contributed by atoms with Gasteiger partial charge in [-0.25, -0.2) is 0 Å². The van der Waals surface area contributed by atoms with Gasteiger partial charge in [-0.3, -0.25) is 9.69 Å². The molecule has 4 aliphatic rings. The fraction of sp³-hybridized carbons (Fsp3) is 0.520. The van der Waals surface area contributed by atoms with Gasteiger partial charge in [0.25, 0.3) is 0 Å². The number of pyridine rings is 1. The van der Waals surface area contributed by atoms with E-state index in [2.05, 4.69) is 44.4 Å². The maximum Gasteiger partial charge on any atom is 0.244 e. The normalized spacial score (nSPS) is 26.6. The molecular weight excluding hydrogens is 402 g/mol. The van der Waals surface area contributed by atoms with E-state index in [9.17, 15) is 4.79 Å². The Labute approximate surface area is 188 Å². The zero-order valence-electron chi connectivity index (χ0n) is 18.4. The first-order valence-corrected chi connectivity index (χ1v) is 11.9. The van der Waals surface area contributed by atoms with Crippen LogP contribution in [0.2, 0.25) is 0 Å². The second-order valence-corrected chi connectivity index (χ2v) is 9.91. The summed E-state index contributed by atoms with van der Waals surface area (Å²) in [6, 6.07) is 10.7. The Bertz CT molecular complexity index is 1020. The summed E-state index contributed by atoms with van der Waals surface area (Å²) in [6.07, 6.45) is 6.41. The molecule has 3 atom stereocenters. The van der Waals surface area contributed by atoms with E-state index in [0.29, 0.717) is 30.5 Å². The van der Waals surface area contributed by atoms with Crippen molar-refractivity contribution in [2.24, 2.45) is 11.8 Å². The number of hydrogen-bond donors (Lipinski definition) is 2. The van der Waals surface area contributed by atoms with E-state index in [1.807, 2.05) is 6.07 Å². The van der Waals surface area contributed by atoms with Crippen molar-refractivity contribution in [3.05, 3.63) is 41.5 Å². The topological polar surface area (TPSA) is 83.7 Å². The predicted octanol–water partition coefficient (Wildman–Crippen LogP) is 3.40. The van der Waals surface area contributed by atoms with E-state index in [0.717, 1.165) is 36.9 Å². The highest BCUT2D eigenvalue weighted by Crippen LogP contribution is 2.52. The monoisotopic (exact) mass is 433 g/mol. The zero-order valence-corrected chi connectivity index (χ0v) is 18.4. The summed E-state index contributed by atoms with van der Waals surface area (Å²) >= 11 is 0. The van der Waals surface area contributed by atoms with Crippen LogP contribution in [0.5, 0.6) is 5.88 Å². The lowest BCUT2D eigenvalue weighted by Gasteiger charge is -2.32. The first-order valence-electron chi connectivity index (χ1n) is 11.9. The molecule has 2 saturated carbocycles. The minimum absolute atomic E-state index is 0.0660. The third kappa shape index (κ3) is 4.01. The highest BCUT2D eigenvalue weighted by atomic mass is 16.5. The largest absolute Gasteiger partial charge is 0.474 e. The number of nitrogens with one attached hydrogen (secondary N) is 1. The third-order valence-corrected chi connectivity index (χ3v) is 7.40. The molecule has 1 aromatic heterocycles. The summed E-state index contributed by atoms with van der Waals surface area (Å²) in [7, 11) is 0. The summed E-state index contributed by atoms with van der Waals surface area (Å²) in [5.74, 6) is 2.51. The lowest BCUT2D eigenvalue weighted by atomic mass is 10.1. The Balaban J connectivity index is 1.22. The van der Waals surface area contributed by atoms with Gasteiger partial charge >= 0.3 is 0 Å². The quantitative estimate of drug-likeness (QED) is 0.727. The van der Waals surface area contributed by atoms with Gasteiger partial charge in [0.05, 0.1) is 12.2 Å². The van der Waals surface area contributed by atoms with Gasteiger partial charge in [-0.15, -0.1) is 0 Å². The van der Waals surface area contributed by atoms with Crippen LogP contribution in [0.25, 0.3) is 0 Å². The van der Waals surface area contributed by atoms with Crippen molar-refractivity contribution < 1.29 is 9.53 Å². The van der Waals surface area contributed by atoms with E-state index in [4.69, 9.17) is 10.5 Å². The number of likely N-dealkylation sites (tertiary alicyclic amines) is 1. The highest BCUT2D eigenvalue weighted by molar-refractivity contribution is 6.04. The predicted molar refractivity (Wildman–Crippen MR) is 125 cm³/mol. The van der Waals surface area contributed by atoms with Crippen molar-refractivity contribution in [1.29, 1.82) is 0 Å².